The monoisotopic (exact) mass is 456 g/mol. The summed E-state index contributed by atoms with van der Waals surface area (Å²) in [6.07, 6.45) is -4.42. The Bertz CT molecular complexity index is 997. The van der Waals surface area contributed by atoms with Crippen molar-refractivity contribution in [1.29, 1.82) is 0 Å². The van der Waals surface area contributed by atoms with Crippen molar-refractivity contribution in [1.82, 2.24) is 0 Å². The lowest BCUT2D eigenvalue weighted by Crippen LogP contribution is -2.08. The van der Waals surface area contributed by atoms with Crippen LogP contribution in [0.2, 0.25) is 0 Å². The second-order valence-electron chi connectivity index (χ2n) is 5.86. The van der Waals surface area contributed by atoms with Gasteiger partial charge in [0.05, 0.1) is 24.2 Å². The average molecular weight is 457 g/mol. The van der Waals surface area contributed by atoms with Gasteiger partial charge in [-0.2, -0.15) is 13.2 Å². The van der Waals surface area contributed by atoms with Gasteiger partial charge in [0.2, 0.25) is 0 Å². The van der Waals surface area contributed by atoms with E-state index in [0.717, 1.165) is 17.5 Å². The molecular weight excluding hydrogens is 441 g/mol. The minimum atomic E-state index is -4.42. The van der Waals surface area contributed by atoms with Crippen molar-refractivity contribution < 1.29 is 27.1 Å². The maximum absolute atomic E-state index is 12.7. The van der Waals surface area contributed by atoms with E-state index in [9.17, 15) is 18.0 Å². The van der Waals surface area contributed by atoms with Gasteiger partial charge in [-0.3, -0.25) is 4.79 Å². The molecule has 3 rings (SSSR count). The number of alkyl halides is 4. The molecule has 0 fully saturated rings. The van der Waals surface area contributed by atoms with Crippen molar-refractivity contribution in [3.63, 3.8) is 0 Å². The van der Waals surface area contributed by atoms with Gasteiger partial charge in [0.25, 0.3) is 0 Å². The molecule has 0 radical (unpaired) electrons. The Morgan fingerprint density at radius 3 is 2.39 bits per heavy atom. The number of halogens is 4. The molecule has 0 atom stereocenters. The van der Waals surface area contributed by atoms with Crippen LogP contribution in [-0.2, 0) is 10.9 Å². The first-order valence-corrected chi connectivity index (χ1v) is 9.52. The molecule has 0 bridgehead atoms. The molecule has 0 N–H and O–H groups in total. The fraction of sp³-hybridized carbons (Fsp3) is 0.250. The van der Waals surface area contributed by atoms with Crippen LogP contribution in [0.4, 0.5) is 13.2 Å². The summed E-state index contributed by atoms with van der Waals surface area (Å²) in [5.74, 6) is 0.701. The summed E-state index contributed by atoms with van der Waals surface area (Å²) >= 11 is 3.26. The normalized spacial score (nSPS) is 11.7. The summed E-state index contributed by atoms with van der Waals surface area (Å²) < 4.78 is 54.6. The molecule has 0 saturated carbocycles. The van der Waals surface area contributed by atoms with Crippen molar-refractivity contribution in [3.8, 4) is 17.1 Å². The third-order valence-corrected chi connectivity index (χ3v) is 4.24. The molecule has 0 amide bonds. The average Bonchev–Trinajstić information content (AvgIpc) is 2.67. The van der Waals surface area contributed by atoms with E-state index >= 15 is 0 Å². The SMILES string of the molecule is O=c1cc(-c2ccc(C(F)(F)F)cc2)oc2ccc(OCCOCCBr)cc12. The summed E-state index contributed by atoms with van der Waals surface area (Å²) in [6, 6.07) is 10.5. The second-order valence-corrected chi connectivity index (χ2v) is 6.65. The van der Waals surface area contributed by atoms with E-state index < -0.39 is 11.7 Å². The highest BCUT2D eigenvalue weighted by Gasteiger charge is 2.30. The molecule has 1 heterocycles. The number of hydrogen-bond donors (Lipinski definition) is 0. The van der Waals surface area contributed by atoms with Crippen molar-refractivity contribution in [2.45, 2.75) is 6.18 Å². The zero-order valence-corrected chi connectivity index (χ0v) is 16.2. The molecule has 4 nitrogen and oxygen atoms in total. The molecule has 0 spiro atoms. The minimum absolute atomic E-state index is 0.197. The van der Waals surface area contributed by atoms with Gasteiger partial charge in [0.1, 0.15) is 23.7 Å². The van der Waals surface area contributed by atoms with Crippen molar-refractivity contribution in [2.75, 3.05) is 25.2 Å². The topological polar surface area (TPSA) is 48.7 Å². The standard InChI is InChI=1S/C20H16BrF3O4/c21-7-8-26-9-10-27-15-5-6-18-16(11-15)17(25)12-19(28-18)13-1-3-14(4-2-13)20(22,23)24/h1-6,11-12H,7-10H2. The zero-order chi connectivity index (χ0) is 20.1. The molecule has 0 aliphatic rings. The number of benzene rings is 2. The summed E-state index contributed by atoms with van der Waals surface area (Å²) in [4.78, 5) is 12.4. The molecule has 148 valence electrons. The fourth-order valence-corrected chi connectivity index (χ4v) is 2.79. The Balaban J connectivity index is 1.81. The molecule has 8 heteroatoms. The third-order valence-electron chi connectivity index (χ3n) is 3.91. The first-order chi connectivity index (χ1) is 13.4. The van der Waals surface area contributed by atoms with Gasteiger partial charge in [-0.25, -0.2) is 0 Å². The van der Waals surface area contributed by atoms with Gasteiger partial charge >= 0.3 is 6.18 Å². The van der Waals surface area contributed by atoms with Crippen LogP contribution in [0.5, 0.6) is 5.75 Å². The molecule has 28 heavy (non-hydrogen) atoms. The lowest BCUT2D eigenvalue weighted by Gasteiger charge is -2.09. The highest BCUT2D eigenvalue weighted by Crippen LogP contribution is 2.31. The van der Waals surface area contributed by atoms with Crippen LogP contribution in [0.25, 0.3) is 22.3 Å². The van der Waals surface area contributed by atoms with Crippen LogP contribution < -0.4 is 10.2 Å². The third kappa shape index (κ3) is 4.94. The molecule has 2 aromatic carbocycles. The largest absolute Gasteiger partial charge is 0.491 e. The number of fused-ring (bicyclic) bond motifs is 1. The summed E-state index contributed by atoms with van der Waals surface area (Å²) in [5, 5.41) is 1.07. The first kappa shape index (κ1) is 20.4. The van der Waals surface area contributed by atoms with Gasteiger partial charge in [-0.15, -0.1) is 0 Å². The van der Waals surface area contributed by atoms with Crippen LogP contribution in [0.15, 0.2) is 57.7 Å². The molecule has 0 aliphatic heterocycles. The lowest BCUT2D eigenvalue weighted by molar-refractivity contribution is -0.137. The predicted octanol–water partition coefficient (Wildman–Crippen LogP) is 5.27. The first-order valence-electron chi connectivity index (χ1n) is 8.40. The summed E-state index contributed by atoms with van der Waals surface area (Å²) in [6.45, 7) is 1.34. The Kier molecular flexibility index (Phi) is 6.41. The summed E-state index contributed by atoms with van der Waals surface area (Å²) in [5.41, 5.74) is -0.361. The van der Waals surface area contributed by atoms with Gasteiger partial charge in [-0.05, 0) is 30.3 Å². The van der Waals surface area contributed by atoms with Crippen molar-refractivity contribution in [3.05, 3.63) is 64.3 Å². The number of rotatable bonds is 7. The Hall–Kier alpha value is -2.32. The molecular formula is C20H16BrF3O4. The second kappa shape index (κ2) is 8.79. The summed E-state index contributed by atoms with van der Waals surface area (Å²) in [7, 11) is 0. The minimum Gasteiger partial charge on any atom is -0.491 e. The quantitative estimate of drug-likeness (QED) is 0.359. The van der Waals surface area contributed by atoms with Crippen LogP contribution in [0, 0.1) is 0 Å². The maximum atomic E-state index is 12.7. The number of ether oxygens (including phenoxy) is 2. The van der Waals surface area contributed by atoms with Crippen molar-refractivity contribution in [2.24, 2.45) is 0 Å². The Morgan fingerprint density at radius 1 is 0.964 bits per heavy atom. The van der Waals surface area contributed by atoms with E-state index in [1.165, 1.54) is 18.2 Å². The van der Waals surface area contributed by atoms with Gasteiger partial charge < -0.3 is 13.9 Å². The Morgan fingerprint density at radius 2 is 1.71 bits per heavy atom. The van der Waals surface area contributed by atoms with Gasteiger partial charge in [0, 0.05) is 17.0 Å². The van der Waals surface area contributed by atoms with Crippen LogP contribution >= 0.6 is 15.9 Å². The maximum Gasteiger partial charge on any atom is 0.416 e. The molecule has 3 aromatic rings. The van der Waals surface area contributed by atoms with E-state index in [0.29, 0.717) is 42.1 Å². The van der Waals surface area contributed by atoms with Crippen LogP contribution in [0.1, 0.15) is 5.56 Å². The van der Waals surface area contributed by atoms with Crippen molar-refractivity contribution >= 4 is 26.9 Å². The molecule has 0 aliphatic carbocycles. The van der Waals surface area contributed by atoms with Crippen LogP contribution in [0.3, 0.4) is 0 Å². The highest BCUT2D eigenvalue weighted by molar-refractivity contribution is 9.09. The van der Waals surface area contributed by atoms with Gasteiger partial charge in [-0.1, -0.05) is 28.1 Å². The molecule has 0 saturated heterocycles. The van der Waals surface area contributed by atoms with E-state index in [1.807, 2.05) is 0 Å². The van der Waals surface area contributed by atoms with Gasteiger partial charge in [0.15, 0.2) is 5.43 Å². The predicted molar refractivity (Wildman–Crippen MR) is 103 cm³/mol. The van der Waals surface area contributed by atoms with Crippen LogP contribution in [-0.4, -0.2) is 25.2 Å². The smallest absolute Gasteiger partial charge is 0.416 e. The molecule has 0 unspecified atom stereocenters. The fourth-order valence-electron chi connectivity index (χ4n) is 2.57. The van der Waals surface area contributed by atoms with E-state index in [1.54, 1.807) is 18.2 Å². The Labute approximate surface area is 167 Å². The molecule has 1 aromatic heterocycles. The number of hydrogen-bond acceptors (Lipinski definition) is 4. The lowest BCUT2D eigenvalue weighted by atomic mass is 10.1. The zero-order valence-electron chi connectivity index (χ0n) is 14.6. The van der Waals surface area contributed by atoms with E-state index in [4.69, 9.17) is 13.9 Å². The van der Waals surface area contributed by atoms with E-state index in [2.05, 4.69) is 15.9 Å². The van der Waals surface area contributed by atoms with E-state index in [-0.39, 0.29) is 11.2 Å². The highest BCUT2D eigenvalue weighted by atomic mass is 79.9.